The molecule has 1 aromatic rings. The number of nitrogens with one attached hydrogen (secondary N) is 1. The predicted molar refractivity (Wildman–Crippen MR) is 79.6 cm³/mol. The van der Waals surface area contributed by atoms with Crippen LogP contribution in [0.2, 0.25) is 0 Å². The predicted octanol–water partition coefficient (Wildman–Crippen LogP) is 2.21. The molecular formula is C15H27N3O2. The van der Waals surface area contributed by atoms with Gasteiger partial charge in [0.05, 0.1) is 12.3 Å². The van der Waals surface area contributed by atoms with Crippen molar-refractivity contribution in [2.45, 2.75) is 59.0 Å². The molecule has 0 saturated carbocycles. The monoisotopic (exact) mass is 281 g/mol. The fourth-order valence-corrected chi connectivity index (χ4v) is 2.26. The average molecular weight is 281 g/mol. The zero-order chi connectivity index (χ0) is 15.2. The summed E-state index contributed by atoms with van der Waals surface area (Å²) in [5, 5.41) is 7.52. The Hall–Kier alpha value is -1.36. The molecular weight excluding hydrogens is 254 g/mol. The molecule has 0 aliphatic rings. The normalized spacial score (nSPS) is 14.1. The van der Waals surface area contributed by atoms with Crippen LogP contribution in [-0.4, -0.2) is 34.9 Å². The fraction of sp³-hybridized carbons (Fsp3) is 0.733. The molecule has 0 saturated heterocycles. The Bertz CT molecular complexity index is 442. The maximum atomic E-state index is 11.9. The Morgan fingerprint density at radius 1 is 1.45 bits per heavy atom. The number of nitrogens with zero attached hydrogens (tertiary/aromatic N) is 2. The second-order valence-electron chi connectivity index (χ2n) is 5.41. The maximum absolute atomic E-state index is 11.9. The first-order chi connectivity index (χ1) is 9.42. The van der Waals surface area contributed by atoms with Crippen molar-refractivity contribution in [1.29, 1.82) is 0 Å². The van der Waals surface area contributed by atoms with Crippen molar-refractivity contribution in [1.82, 2.24) is 15.1 Å². The number of ether oxygens (including phenoxy) is 1. The maximum Gasteiger partial charge on any atom is 0.326 e. The van der Waals surface area contributed by atoms with E-state index in [0.29, 0.717) is 6.61 Å². The van der Waals surface area contributed by atoms with Crippen LogP contribution in [-0.2, 0) is 16.1 Å². The third kappa shape index (κ3) is 4.34. The molecule has 1 rings (SSSR count). The van der Waals surface area contributed by atoms with E-state index in [2.05, 4.69) is 23.4 Å². The van der Waals surface area contributed by atoms with Gasteiger partial charge in [-0.15, -0.1) is 0 Å². The average Bonchev–Trinajstić information content (AvgIpc) is 2.73. The van der Waals surface area contributed by atoms with Crippen molar-refractivity contribution in [3.63, 3.8) is 0 Å². The Morgan fingerprint density at radius 3 is 2.65 bits per heavy atom. The highest BCUT2D eigenvalue weighted by Crippen LogP contribution is 2.16. The number of carbonyl (C=O) groups is 1. The van der Waals surface area contributed by atoms with E-state index in [1.54, 1.807) is 7.05 Å². The Labute approximate surface area is 121 Å². The van der Waals surface area contributed by atoms with Crippen LogP contribution in [0.3, 0.4) is 0 Å². The minimum absolute atomic E-state index is 0.173. The fourth-order valence-electron chi connectivity index (χ4n) is 2.26. The first-order valence-corrected chi connectivity index (χ1v) is 7.30. The van der Waals surface area contributed by atoms with Gasteiger partial charge in [-0.25, -0.2) is 0 Å². The second-order valence-corrected chi connectivity index (χ2v) is 5.41. The summed E-state index contributed by atoms with van der Waals surface area (Å²) in [5.41, 5.74) is 1.64. The van der Waals surface area contributed by atoms with Gasteiger partial charge in [-0.2, -0.15) is 5.10 Å². The number of rotatable bonds is 8. The van der Waals surface area contributed by atoms with E-state index < -0.39 is 5.54 Å². The molecule has 1 N–H and O–H groups in total. The molecule has 1 atom stereocenters. The molecule has 0 bridgehead atoms. The molecule has 5 heteroatoms. The lowest BCUT2D eigenvalue weighted by Gasteiger charge is -2.26. The molecule has 0 aliphatic carbocycles. The third-order valence-corrected chi connectivity index (χ3v) is 3.68. The number of hydrogen-bond acceptors (Lipinski definition) is 4. The molecule has 0 amide bonds. The van der Waals surface area contributed by atoms with Gasteiger partial charge in [-0.3, -0.25) is 9.48 Å². The molecule has 1 aromatic heterocycles. The summed E-state index contributed by atoms with van der Waals surface area (Å²) in [4.78, 5) is 11.9. The lowest BCUT2D eigenvalue weighted by Crippen LogP contribution is -2.48. The van der Waals surface area contributed by atoms with Crippen molar-refractivity contribution in [2.75, 3.05) is 13.7 Å². The molecule has 0 aliphatic heterocycles. The van der Waals surface area contributed by atoms with Crippen molar-refractivity contribution in [2.24, 2.45) is 0 Å². The van der Waals surface area contributed by atoms with Crippen LogP contribution in [0.5, 0.6) is 0 Å². The number of carbonyl (C=O) groups excluding carboxylic acids is 1. The minimum atomic E-state index is -0.592. The minimum Gasteiger partial charge on any atom is -0.465 e. The summed E-state index contributed by atoms with van der Waals surface area (Å²) in [5.74, 6) is -0.173. The summed E-state index contributed by atoms with van der Waals surface area (Å²) in [6.45, 7) is 9.11. The van der Waals surface area contributed by atoms with Gasteiger partial charge in [0.25, 0.3) is 0 Å². The molecule has 0 radical (unpaired) electrons. The quantitative estimate of drug-likeness (QED) is 0.586. The Kier molecular flexibility index (Phi) is 6.20. The van der Waals surface area contributed by atoms with Crippen LogP contribution in [0.1, 0.15) is 44.5 Å². The highest BCUT2D eigenvalue weighted by Gasteiger charge is 2.32. The van der Waals surface area contributed by atoms with Crippen LogP contribution in [0.15, 0.2) is 6.07 Å². The molecule has 1 heterocycles. The highest BCUT2D eigenvalue weighted by atomic mass is 16.5. The highest BCUT2D eigenvalue weighted by molar-refractivity contribution is 5.80. The molecule has 114 valence electrons. The smallest absolute Gasteiger partial charge is 0.326 e. The standard InChI is InChI=1S/C15H27N3O2/c1-6-20-14(19)15(4,16-5)9-7-8-10-18-13(3)11-12(2)17-18/h11,16H,6-10H2,1-5H3. The van der Waals surface area contributed by atoms with Gasteiger partial charge in [0, 0.05) is 12.2 Å². The summed E-state index contributed by atoms with van der Waals surface area (Å²) in [7, 11) is 1.80. The van der Waals surface area contributed by atoms with E-state index in [0.717, 1.165) is 31.5 Å². The van der Waals surface area contributed by atoms with Gasteiger partial charge < -0.3 is 10.1 Å². The van der Waals surface area contributed by atoms with E-state index in [1.165, 1.54) is 5.69 Å². The van der Waals surface area contributed by atoms with Gasteiger partial charge in [-0.1, -0.05) is 0 Å². The number of aryl methyl sites for hydroxylation is 3. The topological polar surface area (TPSA) is 56.2 Å². The van der Waals surface area contributed by atoms with E-state index in [-0.39, 0.29) is 5.97 Å². The second kappa shape index (κ2) is 7.43. The van der Waals surface area contributed by atoms with Crippen molar-refractivity contribution < 1.29 is 9.53 Å². The molecule has 0 spiro atoms. The summed E-state index contributed by atoms with van der Waals surface area (Å²) in [6, 6.07) is 2.08. The number of esters is 1. The van der Waals surface area contributed by atoms with Crippen molar-refractivity contribution >= 4 is 5.97 Å². The Morgan fingerprint density at radius 2 is 2.15 bits per heavy atom. The zero-order valence-corrected chi connectivity index (χ0v) is 13.3. The zero-order valence-electron chi connectivity index (χ0n) is 13.3. The molecule has 0 fully saturated rings. The van der Waals surface area contributed by atoms with Crippen LogP contribution >= 0.6 is 0 Å². The summed E-state index contributed by atoms with van der Waals surface area (Å²) in [6.07, 6.45) is 2.72. The number of hydrogen-bond donors (Lipinski definition) is 1. The number of aromatic nitrogens is 2. The van der Waals surface area contributed by atoms with Gasteiger partial charge in [0.1, 0.15) is 5.54 Å². The SMILES string of the molecule is CCOC(=O)C(C)(CCCCn1nc(C)cc1C)NC. The Balaban J connectivity index is 2.42. The molecule has 5 nitrogen and oxygen atoms in total. The van der Waals surface area contributed by atoms with E-state index in [1.807, 2.05) is 25.5 Å². The number of likely N-dealkylation sites (N-methyl/N-ethyl adjacent to an activating group) is 1. The van der Waals surface area contributed by atoms with E-state index in [4.69, 9.17) is 4.74 Å². The lowest BCUT2D eigenvalue weighted by atomic mass is 9.95. The first-order valence-electron chi connectivity index (χ1n) is 7.30. The molecule has 1 unspecified atom stereocenters. The largest absolute Gasteiger partial charge is 0.465 e. The van der Waals surface area contributed by atoms with Gasteiger partial charge >= 0.3 is 5.97 Å². The van der Waals surface area contributed by atoms with Gasteiger partial charge in [0.2, 0.25) is 0 Å². The lowest BCUT2D eigenvalue weighted by molar-refractivity contribution is -0.150. The van der Waals surface area contributed by atoms with Crippen LogP contribution < -0.4 is 5.32 Å². The van der Waals surface area contributed by atoms with Crippen LogP contribution in [0, 0.1) is 13.8 Å². The summed E-state index contributed by atoms with van der Waals surface area (Å²) >= 11 is 0. The van der Waals surface area contributed by atoms with Gasteiger partial charge in [-0.05, 0) is 60.1 Å². The first kappa shape index (κ1) is 16.7. The van der Waals surface area contributed by atoms with Crippen LogP contribution in [0.4, 0.5) is 0 Å². The van der Waals surface area contributed by atoms with Crippen molar-refractivity contribution in [3.8, 4) is 0 Å². The van der Waals surface area contributed by atoms with E-state index in [9.17, 15) is 4.79 Å². The van der Waals surface area contributed by atoms with Crippen molar-refractivity contribution in [3.05, 3.63) is 17.5 Å². The molecule has 20 heavy (non-hydrogen) atoms. The van der Waals surface area contributed by atoms with Gasteiger partial charge in [0.15, 0.2) is 0 Å². The number of unbranched alkanes of at least 4 members (excludes halogenated alkanes) is 1. The summed E-state index contributed by atoms with van der Waals surface area (Å²) < 4.78 is 7.14. The molecule has 0 aromatic carbocycles. The third-order valence-electron chi connectivity index (χ3n) is 3.68. The van der Waals surface area contributed by atoms with Crippen LogP contribution in [0.25, 0.3) is 0 Å². The van der Waals surface area contributed by atoms with E-state index >= 15 is 0 Å².